The Morgan fingerprint density at radius 3 is 3.17 bits per heavy atom. The lowest BCUT2D eigenvalue weighted by Crippen LogP contribution is -2.34. The molecule has 0 bridgehead atoms. The normalized spacial score (nSPS) is 22.9. The number of nitrogens with zero attached hydrogens (tertiary/aromatic N) is 1. The first-order valence-electron chi connectivity index (χ1n) is 6.01. The van der Waals surface area contributed by atoms with Crippen LogP contribution in [-0.2, 0) is 4.74 Å². The SMILES string of the molecule is COCCN=C(N)N[C@@H]1C[C@H]1c1cccc(F)c1. The molecular weight excluding hydrogens is 233 g/mol. The molecule has 2 atom stereocenters. The van der Waals surface area contributed by atoms with E-state index in [-0.39, 0.29) is 11.9 Å². The van der Waals surface area contributed by atoms with Crippen LogP contribution in [0.3, 0.4) is 0 Å². The Kier molecular flexibility index (Phi) is 4.15. The Labute approximate surface area is 106 Å². The highest BCUT2D eigenvalue weighted by Crippen LogP contribution is 2.40. The zero-order valence-corrected chi connectivity index (χ0v) is 10.4. The van der Waals surface area contributed by atoms with Crippen molar-refractivity contribution < 1.29 is 9.13 Å². The van der Waals surface area contributed by atoms with Crippen LogP contribution in [0.25, 0.3) is 0 Å². The largest absolute Gasteiger partial charge is 0.383 e. The number of hydrogen-bond donors (Lipinski definition) is 2. The molecule has 0 amide bonds. The molecule has 4 nitrogen and oxygen atoms in total. The minimum absolute atomic E-state index is 0.195. The van der Waals surface area contributed by atoms with Crippen LogP contribution in [0.4, 0.5) is 4.39 Å². The van der Waals surface area contributed by atoms with Gasteiger partial charge in [-0.1, -0.05) is 12.1 Å². The van der Waals surface area contributed by atoms with E-state index in [1.165, 1.54) is 6.07 Å². The first-order valence-corrected chi connectivity index (χ1v) is 6.01. The Bertz CT molecular complexity index is 436. The predicted molar refractivity (Wildman–Crippen MR) is 69.0 cm³/mol. The topological polar surface area (TPSA) is 59.6 Å². The van der Waals surface area contributed by atoms with Gasteiger partial charge in [0.2, 0.25) is 0 Å². The van der Waals surface area contributed by atoms with E-state index in [9.17, 15) is 4.39 Å². The summed E-state index contributed by atoms with van der Waals surface area (Å²) in [6.07, 6.45) is 0.962. The molecular formula is C13H18FN3O. The van der Waals surface area contributed by atoms with Gasteiger partial charge in [0.1, 0.15) is 5.82 Å². The molecule has 0 saturated heterocycles. The predicted octanol–water partition coefficient (Wildman–Crippen LogP) is 1.23. The van der Waals surface area contributed by atoms with E-state index in [0.29, 0.717) is 25.0 Å². The number of aliphatic imine (C=N–C) groups is 1. The minimum Gasteiger partial charge on any atom is -0.383 e. The van der Waals surface area contributed by atoms with Gasteiger partial charge >= 0.3 is 0 Å². The summed E-state index contributed by atoms with van der Waals surface area (Å²) in [5, 5.41) is 3.13. The average molecular weight is 251 g/mol. The number of guanidine groups is 1. The molecule has 18 heavy (non-hydrogen) atoms. The Morgan fingerprint density at radius 1 is 1.61 bits per heavy atom. The number of halogens is 1. The van der Waals surface area contributed by atoms with Crippen LogP contribution >= 0.6 is 0 Å². The lowest BCUT2D eigenvalue weighted by Gasteiger charge is -2.05. The maximum atomic E-state index is 13.1. The molecule has 0 aromatic heterocycles. The highest BCUT2D eigenvalue weighted by molar-refractivity contribution is 5.78. The van der Waals surface area contributed by atoms with E-state index in [4.69, 9.17) is 10.5 Å². The second-order valence-corrected chi connectivity index (χ2v) is 4.41. The quantitative estimate of drug-likeness (QED) is 0.470. The van der Waals surface area contributed by atoms with Crippen molar-refractivity contribution in [3.05, 3.63) is 35.6 Å². The molecule has 0 unspecified atom stereocenters. The fourth-order valence-corrected chi connectivity index (χ4v) is 1.95. The van der Waals surface area contributed by atoms with Crippen LogP contribution < -0.4 is 11.1 Å². The number of rotatable bonds is 5. The molecule has 3 N–H and O–H groups in total. The maximum absolute atomic E-state index is 13.1. The van der Waals surface area contributed by atoms with Crippen molar-refractivity contribution in [1.29, 1.82) is 0 Å². The van der Waals surface area contributed by atoms with Gasteiger partial charge < -0.3 is 15.8 Å². The van der Waals surface area contributed by atoms with E-state index in [2.05, 4.69) is 10.3 Å². The summed E-state index contributed by atoms with van der Waals surface area (Å²) in [7, 11) is 1.63. The van der Waals surface area contributed by atoms with Crippen molar-refractivity contribution >= 4 is 5.96 Å². The highest BCUT2D eigenvalue weighted by Gasteiger charge is 2.38. The molecule has 0 heterocycles. The number of benzene rings is 1. The van der Waals surface area contributed by atoms with Crippen LogP contribution in [-0.4, -0.2) is 32.3 Å². The zero-order valence-electron chi connectivity index (χ0n) is 10.4. The van der Waals surface area contributed by atoms with Gasteiger partial charge in [0.25, 0.3) is 0 Å². The molecule has 0 spiro atoms. The van der Waals surface area contributed by atoms with Crippen molar-refractivity contribution in [3.8, 4) is 0 Å². The molecule has 5 heteroatoms. The molecule has 1 aromatic carbocycles. The Balaban J connectivity index is 1.83. The van der Waals surface area contributed by atoms with Gasteiger partial charge in [-0.25, -0.2) is 4.39 Å². The summed E-state index contributed by atoms with van der Waals surface area (Å²) in [5.74, 6) is 0.563. The van der Waals surface area contributed by atoms with Crippen LogP contribution in [0.2, 0.25) is 0 Å². The Morgan fingerprint density at radius 2 is 2.44 bits per heavy atom. The zero-order chi connectivity index (χ0) is 13.0. The third-order valence-electron chi connectivity index (χ3n) is 2.98. The molecule has 1 fully saturated rings. The van der Waals surface area contributed by atoms with E-state index >= 15 is 0 Å². The van der Waals surface area contributed by atoms with E-state index in [0.717, 1.165) is 12.0 Å². The number of hydrogen-bond acceptors (Lipinski definition) is 2. The lowest BCUT2D eigenvalue weighted by molar-refractivity contribution is 0.208. The van der Waals surface area contributed by atoms with Crippen molar-refractivity contribution in [2.75, 3.05) is 20.3 Å². The van der Waals surface area contributed by atoms with Gasteiger partial charge in [-0.05, 0) is 24.1 Å². The van der Waals surface area contributed by atoms with Gasteiger partial charge in [-0.3, -0.25) is 4.99 Å². The molecule has 1 aromatic rings. The number of methoxy groups -OCH3 is 1. The first kappa shape index (κ1) is 12.8. The van der Waals surface area contributed by atoms with Crippen molar-refractivity contribution in [1.82, 2.24) is 5.32 Å². The molecule has 0 radical (unpaired) electrons. The second kappa shape index (κ2) is 5.82. The first-order chi connectivity index (χ1) is 8.70. The molecule has 1 aliphatic rings. The van der Waals surface area contributed by atoms with Gasteiger partial charge in [-0.15, -0.1) is 0 Å². The van der Waals surface area contributed by atoms with Crippen LogP contribution in [0.1, 0.15) is 17.9 Å². The second-order valence-electron chi connectivity index (χ2n) is 4.41. The summed E-state index contributed by atoms with van der Waals surface area (Å²) in [6, 6.07) is 6.96. The Hall–Kier alpha value is -1.62. The van der Waals surface area contributed by atoms with Crippen molar-refractivity contribution in [2.24, 2.45) is 10.7 Å². The van der Waals surface area contributed by atoms with Gasteiger partial charge in [0, 0.05) is 19.1 Å². The molecule has 1 saturated carbocycles. The monoisotopic (exact) mass is 251 g/mol. The molecule has 1 aliphatic carbocycles. The summed E-state index contributed by atoms with van der Waals surface area (Å²) < 4.78 is 18.0. The standard InChI is InChI=1S/C13H18FN3O/c1-18-6-5-16-13(15)17-12-8-11(12)9-3-2-4-10(14)7-9/h2-4,7,11-12H,5-6,8H2,1H3,(H3,15,16,17)/t11-,12+/m0/s1. The summed E-state index contributed by atoms with van der Waals surface area (Å²) >= 11 is 0. The molecule has 2 rings (SSSR count). The van der Waals surface area contributed by atoms with Crippen LogP contribution in [0, 0.1) is 5.82 Å². The number of nitrogens with one attached hydrogen (secondary N) is 1. The maximum Gasteiger partial charge on any atom is 0.188 e. The van der Waals surface area contributed by atoms with Gasteiger partial charge in [0.05, 0.1) is 13.2 Å². The summed E-state index contributed by atoms with van der Waals surface area (Å²) in [5.41, 5.74) is 6.75. The summed E-state index contributed by atoms with van der Waals surface area (Å²) in [4.78, 5) is 4.12. The van der Waals surface area contributed by atoms with E-state index < -0.39 is 0 Å². The van der Waals surface area contributed by atoms with Crippen molar-refractivity contribution in [3.63, 3.8) is 0 Å². The molecule has 98 valence electrons. The van der Waals surface area contributed by atoms with E-state index in [1.807, 2.05) is 6.07 Å². The third-order valence-corrected chi connectivity index (χ3v) is 2.98. The van der Waals surface area contributed by atoms with Crippen molar-refractivity contribution in [2.45, 2.75) is 18.4 Å². The smallest absolute Gasteiger partial charge is 0.188 e. The van der Waals surface area contributed by atoms with Crippen LogP contribution in [0.5, 0.6) is 0 Å². The lowest BCUT2D eigenvalue weighted by atomic mass is 10.1. The van der Waals surface area contributed by atoms with E-state index in [1.54, 1.807) is 19.2 Å². The fourth-order valence-electron chi connectivity index (χ4n) is 1.95. The number of nitrogens with two attached hydrogens (primary N) is 1. The number of ether oxygens (including phenoxy) is 1. The van der Waals surface area contributed by atoms with Gasteiger partial charge in [0.15, 0.2) is 5.96 Å². The van der Waals surface area contributed by atoms with Gasteiger partial charge in [-0.2, -0.15) is 0 Å². The van der Waals surface area contributed by atoms with Crippen LogP contribution in [0.15, 0.2) is 29.3 Å². The average Bonchev–Trinajstić information content (AvgIpc) is 3.08. The summed E-state index contributed by atoms with van der Waals surface area (Å²) in [6.45, 7) is 1.10. The fraction of sp³-hybridized carbons (Fsp3) is 0.462. The molecule has 0 aliphatic heterocycles. The minimum atomic E-state index is -0.195. The highest BCUT2D eigenvalue weighted by atomic mass is 19.1. The third kappa shape index (κ3) is 3.43.